The van der Waals surface area contributed by atoms with Gasteiger partial charge in [-0.3, -0.25) is 9.69 Å². The summed E-state index contributed by atoms with van der Waals surface area (Å²) >= 11 is 0. The Morgan fingerprint density at radius 1 is 1.70 bits per heavy atom. The molecule has 10 heavy (non-hydrogen) atoms. The number of hydrogen-bond acceptors (Lipinski definition) is 2. The Balaban J connectivity index is 2.27. The number of carbonyl (C=O) groups excluding carboxylic acids is 1. The summed E-state index contributed by atoms with van der Waals surface area (Å²) in [6.07, 6.45) is 0. The van der Waals surface area contributed by atoms with E-state index in [1.54, 1.807) is 0 Å². The van der Waals surface area contributed by atoms with E-state index in [9.17, 15) is 4.79 Å². The summed E-state index contributed by atoms with van der Waals surface area (Å²) in [5, 5.41) is 0. The van der Waals surface area contributed by atoms with Crippen LogP contribution in [-0.4, -0.2) is 29.8 Å². The Kier molecular flexibility index (Phi) is 2.09. The van der Waals surface area contributed by atoms with Crippen LogP contribution in [0.5, 0.6) is 0 Å². The quantitative estimate of drug-likeness (QED) is 0.570. The van der Waals surface area contributed by atoms with Gasteiger partial charge in [-0.1, -0.05) is 13.8 Å². The van der Waals surface area contributed by atoms with Gasteiger partial charge in [-0.15, -0.1) is 0 Å². The van der Waals surface area contributed by atoms with Crippen molar-refractivity contribution in [3.63, 3.8) is 0 Å². The van der Waals surface area contributed by atoms with Crippen LogP contribution in [0.3, 0.4) is 0 Å². The average molecular weight is 141 g/mol. The number of carbonyl (C=O) groups is 1. The molecule has 0 aromatic rings. The summed E-state index contributed by atoms with van der Waals surface area (Å²) in [6.45, 7) is 8.07. The van der Waals surface area contributed by atoms with Crippen LogP contribution in [0.4, 0.5) is 0 Å². The highest BCUT2D eigenvalue weighted by Crippen LogP contribution is 2.14. The zero-order chi connectivity index (χ0) is 7.72. The van der Waals surface area contributed by atoms with E-state index in [2.05, 4.69) is 18.7 Å². The maximum Gasteiger partial charge on any atom is 0.163 e. The van der Waals surface area contributed by atoms with E-state index >= 15 is 0 Å². The van der Waals surface area contributed by atoms with Gasteiger partial charge in [-0.2, -0.15) is 0 Å². The Bertz CT molecular complexity index is 142. The number of likely N-dealkylation sites (tertiary alicyclic amines) is 1. The monoisotopic (exact) mass is 141 g/mol. The summed E-state index contributed by atoms with van der Waals surface area (Å²) < 4.78 is 0. The third kappa shape index (κ3) is 1.37. The van der Waals surface area contributed by atoms with Crippen LogP contribution >= 0.6 is 0 Å². The van der Waals surface area contributed by atoms with Crippen LogP contribution in [0.25, 0.3) is 0 Å². The molecule has 1 heterocycles. The molecular formula is C8H15NO. The molecule has 0 aromatic heterocycles. The van der Waals surface area contributed by atoms with Gasteiger partial charge in [0, 0.05) is 6.54 Å². The lowest BCUT2D eigenvalue weighted by atomic mass is 10.0. The summed E-state index contributed by atoms with van der Waals surface area (Å²) in [5.41, 5.74) is 0. The van der Waals surface area contributed by atoms with Crippen LogP contribution in [0, 0.1) is 5.92 Å². The van der Waals surface area contributed by atoms with Crippen molar-refractivity contribution in [1.29, 1.82) is 0 Å². The first-order chi connectivity index (χ1) is 4.61. The molecule has 58 valence electrons. The van der Waals surface area contributed by atoms with Crippen LogP contribution in [0.1, 0.15) is 20.8 Å². The van der Waals surface area contributed by atoms with Crippen LogP contribution in [-0.2, 0) is 4.79 Å². The summed E-state index contributed by atoms with van der Waals surface area (Å²) in [7, 11) is 0. The molecule has 0 aliphatic carbocycles. The first kappa shape index (κ1) is 7.73. The first-order valence-electron chi connectivity index (χ1n) is 3.88. The third-order valence-electron chi connectivity index (χ3n) is 1.97. The van der Waals surface area contributed by atoms with Crippen molar-refractivity contribution in [2.45, 2.75) is 26.8 Å². The fraction of sp³-hybridized carbons (Fsp3) is 0.875. The molecule has 0 bridgehead atoms. The van der Waals surface area contributed by atoms with E-state index in [1.165, 1.54) is 0 Å². The SMILES string of the molecule is CC(C)CN1CC(=O)C1C. The number of rotatable bonds is 2. The fourth-order valence-corrected chi connectivity index (χ4v) is 1.25. The summed E-state index contributed by atoms with van der Waals surface area (Å²) in [5.74, 6) is 1.07. The maximum absolute atomic E-state index is 10.8. The van der Waals surface area contributed by atoms with Crippen molar-refractivity contribution in [1.82, 2.24) is 4.90 Å². The predicted molar refractivity (Wildman–Crippen MR) is 40.9 cm³/mol. The molecule has 0 aromatic carbocycles. The summed E-state index contributed by atoms with van der Waals surface area (Å²) in [6, 6.07) is 0.197. The molecule has 1 aliphatic rings. The van der Waals surface area contributed by atoms with Gasteiger partial charge in [-0.05, 0) is 12.8 Å². The molecule has 0 N–H and O–H groups in total. The number of nitrogens with zero attached hydrogens (tertiary/aromatic N) is 1. The van der Waals surface area contributed by atoms with Gasteiger partial charge in [0.15, 0.2) is 5.78 Å². The standard InChI is InChI=1S/C8H15NO/c1-6(2)4-9-5-8(10)7(9)3/h6-7H,4-5H2,1-3H3. The number of Topliss-reactive ketones (excluding diaryl/α,β-unsaturated/α-hetero) is 1. The fourth-order valence-electron chi connectivity index (χ4n) is 1.25. The largest absolute Gasteiger partial charge is 0.296 e. The Labute approximate surface area is 62.2 Å². The van der Waals surface area contributed by atoms with E-state index in [1.807, 2.05) is 6.92 Å². The van der Waals surface area contributed by atoms with Gasteiger partial charge in [0.05, 0.1) is 12.6 Å². The highest BCUT2D eigenvalue weighted by atomic mass is 16.1. The second-order valence-corrected chi connectivity index (χ2v) is 3.47. The second-order valence-electron chi connectivity index (χ2n) is 3.47. The number of ketones is 1. The van der Waals surface area contributed by atoms with Crippen LogP contribution in [0.15, 0.2) is 0 Å². The Morgan fingerprint density at radius 2 is 2.30 bits per heavy atom. The minimum absolute atomic E-state index is 0.197. The van der Waals surface area contributed by atoms with Crippen molar-refractivity contribution in [3.05, 3.63) is 0 Å². The molecule has 1 fully saturated rings. The minimum atomic E-state index is 0.197. The summed E-state index contributed by atoms with van der Waals surface area (Å²) in [4.78, 5) is 13.0. The van der Waals surface area contributed by atoms with Crippen LogP contribution in [0.2, 0.25) is 0 Å². The molecule has 1 atom stereocenters. The normalized spacial score (nSPS) is 27.2. The second kappa shape index (κ2) is 2.70. The molecule has 0 spiro atoms. The zero-order valence-electron chi connectivity index (χ0n) is 6.92. The predicted octanol–water partition coefficient (Wildman–Crippen LogP) is 0.916. The van der Waals surface area contributed by atoms with E-state index in [-0.39, 0.29) is 6.04 Å². The van der Waals surface area contributed by atoms with Crippen molar-refractivity contribution in [2.75, 3.05) is 13.1 Å². The van der Waals surface area contributed by atoms with Crippen molar-refractivity contribution in [2.24, 2.45) is 5.92 Å². The molecule has 1 saturated heterocycles. The lowest BCUT2D eigenvalue weighted by molar-refractivity contribution is -0.135. The maximum atomic E-state index is 10.8. The highest BCUT2D eigenvalue weighted by Gasteiger charge is 2.32. The number of hydrogen-bond donors (Lipinski definition) is 0. The minimum Gasteiger partial charge on any atom is -0.296 e. The van der Waals surface area contributed by atoms with E-state index < -0.39 is 0 Å². The van der Waals surface area contributed by atoms with Crippen molar-refractivity contribution in [3.8, 4) is 0 Å². The van der Waals surface area contributed by atoms with E-state index in [0.717, 1.165) is 6.54 Å². The topological polar surface area (TPSA) is 20.3 Å². The lowest BCUT2D eigenvalue weighted by Crippen LogP contribution is -2.56. The van der Waals surface area contributed by atoms with E-state index in [4.69, 9.17) is 0 Å². The highest BCUT2D eigenvalue weighted by molar-refractivity contribution is 5.90. The molecule has 0 saturated carbocycles. The van der Waals surface area contributed by atoms with Gasteiger partial charge in [0.2, 0.25) is 0 Å². The van der Waals surface area contributed by atoms with Crippen molar-refractivity contribution >= 4 is 5.78 Å². The molecule has 1 aliphatic heterocycles. The van der Waals surface area contributed by atoms with Gasteiger partial charge < -0.3 is 0 Å². The Morgan fingerprint density at radius 3 is 2.60 bits per heavy atom. The smallest absolute Gasteiger partial charge is 0.163 e. The van der Waals surface area contributed by atoms with Gasteiger partial charge in [0.1, 0.15) is 0 Å². The molecule has 0 radical (unpaired) electrons. The average Bonchev–Trinajstić information content (AvgIpc) is 1.86. The van der Waals surface area contributed by atoms with Crippen LogP contribution < -0.4 is 0 Å². The van der Waals surface area contributed by atoms with Gasteiger partial charge >= 0.3 is 0 Å². The van der Waals surface area contributed by atoms with Gasteiger partial charge in [0.25, 0.3) is 0 Å². The zero-order valence-corrected chi connectivity index (χ0v) is 6.92. The molecule has 1 rings (SSSR count). The molecule has 1 unspecified atom stereocenters. The molecule has 2 nitrogen and oxygen atoms in total. The van der Waals surface area contributed by atoms with Gasteiger partial charge in [-0.25, -0.2) is 0 Å². The van der Waals surface area contributed by atoms with E-state index in [0.29, 0.717) is 18.2 Å². The molecule has 2 heteroatoms. The molecular weight excluding hydrogens is 126 g/mol. The first-order valence-corrected chi connectivity index (χ1v) is 3.88. The lowest BCUT2D eigenvalue weighted by Gasteiger charge is -2.37. The van der Waals surface area contributed by atoms with Crippen molar-refractivity contribution < 1.29 is 4.79 Å². The third-order valence-corrected chi connectivity index (χ3v) is 1.97. The molecule has 0 amide bonds. The Hall–Kier alpha value is -0.370.